The molecule has 0 spiro atoms. The maximum absolute atomic E-state index is 12.6. The molecule has 0 unspecified atom stereocenters. The number of amides is 1. The third-order valence-corrected chi connectivity index (χ3v) is 3.80. The molecule has 4 heteroatoms. The molecule has 3 rings (SSSR count). The van der Waals surface area contributed by atoms with Crippen molar-refractivity contribution in [1.82, 2.24) is 4.90 Å². The van der Waals surface area contributed by atoms with Gasteiger partial charge in [0.2, 0.25) is 0 Å². The number of carbonyl (C=O) groups excluding carboxylic acids is 2. The molecule has 0 fully saturated rings. The molecule has 2 aromatic rings. The highest BCUT2D eigenvalue weighted by atomic mass is 16.4. The lowest BCUT2D eigenvalue weighted by Crippen LogP contribution is -2.53. The van der Waals surface area contributed by atoms with E-state index in [9.17, 15) is 14.7 Å². The van der Waals surface area contributed by atoms with Crippen LogP contribution in [0.1, 0.15) is 21.5 Å². The molecule has 21 heavy (non-hydrogen) atoms. The van der Waals surface area contributed by atoms with Crippen LogP contribution in [0.3, 0.4) is 0 Å². The van der Waals surface area contributed by atoms with Gasteiger partial charge in [-0.25, -0.2) is 0 Å². The number of nitrogens with zero attached hydrogens (tertiary/aromatic N) is 1. The van der Waals surface area contributed by atoms with Crippen LogP contribution in [0.2, 0.25) is 0 Å². The van der Waals surface area contributed by atoms with Crippen LogP contribution >= 0.6 is 0 Å². The van der Waals surface area contributed by atoms with Crippen molar-refractivity contribution in [2.45, 2.75) is 19.0 Å². The molecule has 0 saturated carbocycles. The van der Waals surface area contributed by atoms with E-state index in [2.05, 4.69) is 0 Å². The van der Waals surface area contributed by atoms with Gasteiger partial charge in [-0.1, -0.05) is 42.5 Å². The van der Waals surface area contributed by atoms with Crippen molar-refractivity contribution in [3.63, 3.8) is 0 Å². The zero-order valence-corrected chi connectivity index (χ0v) is 11.4. The van der Waals surface area contributed by atoms with Gasteiger partial charge in [0, 0.05) is 12.1 Å². The number of carboxylic acids is 1. The molecule has 2 aromatic carbocycles. The molecule has 0 saturated heterocycles. The van der Waals surface area contributed by atoms with Gasteiger partial charge in [-0.05, 0) is 29.7 Å². The Kier molecular flexibility index (Phi) is 3.44. The van der Waals surface area contributed by atoms with Crippen molar-refractivity contribution in [1.29, 1.82) is 0 Å². The van der Waals surface area contributed by atoms with E-state index in [0.29, 0.717) is 12.1 Å². The fraction of sp³-hybridized carbons (Fsp3) is 0.176. The number of fused-ring (bicyclic) bond motifs is 1. The number of aliphatic carboxylic acids is 1. The molecule has 1 aliphatic rings. The summed E-state index contributed by atoms with van der Waals surface area (Å²) in [6.07, 6.45) is 0.289. The maximum atomic E-state index is 12.6. The first kappa shape index (κ1) is 13.4. The predicted molar refractivity (Wildman–Crippen MR) is 75.3 cm³/mol. The molecule has 1 atom stereocenters. The minimum absolute atomic E-state index is 0.278. The zero-order valence-electron chi connectivity index (χ0n) is 11.4. The van der Waals surface area contributed by atoms with E-state index in [1.54, 1.807) is 24.3 Å². The molecule has 1 aliphatic heterocycles. The lowest BCUT2D eigenvalue weighted by Gasteiger charge is -2.37. The zero-order chi connectivity index (χ0) is 14.8. The second-order valence-corrected chi connectivity index (χ2v) is 5.11. The molecule has 106 valence electrons. The SMILES string of the molecule is O=C([O-])[C@H]1Cc2ccccc2CN1C(=O)c1ccccc1. The van der Waals surface area contributed by atoms with Crippen LogP contribution in [0.25, 0.3) is 0 Å². The monoisotopic (exact) mass is 280 g/mol. The van der Waals surface area contributed by atoms with Crippen LogP contribution in [0, 0.1) is 0 Å². The Morgan fingerprint density at radius 1 is 0.952 bits per heavy atom. The number of carbonyl (C=O) groups is 2. The Labute approximate surface area is 122 Å². The largest absolute Gasteiger partial charge is 0.548 e. The summed E-state index contributed by atoms with van der Waals surface area (Å²) in [6, 6.07) is 15.4. The first-order valence-corrected chi connectivity index (χ1v) is 6.80. The highest BCUT2D eigenvalue weighted by molar-refractivity contribution is 5.96. The molecule has 0 radical (unpaired) electrons. The van der Waals surface area contributed by atoms with E-state index in [0.717, 1.165) is 11.1 Å². The van der Waals surface area contributed by atoms with E-state index in [1.165, 1.54) is 4.90 Å². The van der Waals surface area contributed by atoms with Gasteiger partial charge in [0.15, 0.2) is 0 Å². The van der Waals surface area contributed by atoms with Crippen molar-refractivity contribution in [3.8, 4) is 0 Å². The first-order chi connectivity index (χ1) is 10.2. The molecule has 0 aliphatic carbocycles. The summed E-state index contributed by atoms with van der Waals surface area (Å²) < 4.78 is 0. The number of benzene rings is 2. The van der Waals surface area contributed by atoms with Gasteiger partial charge in [-0.15, -0.1) is 0 Å². The van der Waals surface area contributed by atoms with Crippen molar-refractivity contribution < 1.29 is 14.7 Å². The minimum atomic E-state index is -1.21. The minimum Gasteiger partial charge on any atom is -0.548 e. The van der Waals surface area contributed by atoms with Gasteiger partial charge in [0.25, 0.3) is 5.91 Å². The number of carboxylic acid groups (broad SMARTS) is 1. The lowest BCUT2D eigenvalue weighted by molar-refractivity contribution is -0.311. The van der Waals surface area contributed by atoms with E-state index in [-0.39, 0.29) is 12.3 Å². The van der Waals surface area contributed by atoms with E-state index in [1.807, 2.05) is 30.3 Å². The van der Waals surface area contributed by atoms with Crippen LogP contribution in [-0.2, 0) is 17.8 Å². The summed E-state index contributed by atoms with van der Waals surface area (Å²) in [7, 11) is 0. The first-order valence-electron chi connectivity index (χ1n) is 6.80. The quantitative estimate of drug-likeness (QED) is 0.824. The van der Waals surface area contributed by atoms with Crippen LogP contribution in [0.5, 0.6) is 0 Å². The third kappa shape index (κ3) is 2.52. The molecule has 0 bridgehead atoms. The van der Waals surface area contributed by atoms with E-state index >= 15 is 0 Å². The Hall–Kier alpha value is -2.62. The average Bonchev–Trinajstić information content (AvgIpc) is 2.53. The molecule has 1 heterocycles. The number of hydrogen-bond acceptors (Lipinski definition) is 3. The summed E-state index contributed by atoms with van der Waals surface area (Å²) in [6.45, 7) is 0.294. The smallest absolute Gasteiger partial charge is 0.254 e. The summed E-state index contributed by atoms with van der Waals surface area (Å²) >= 11 is 0. The molecular formula is C17H14NO3-. The summed E-state index contributed by atoms with van der Waals surface area (Å²) in [4.78, 5) is 25.3. The van der Waals surface area contributed by atoms with Gasteiger partial charge in [-0.2, -0.15) is 0 Å². The molecule has 4 nitrogen and oxygen atoms in total. The van der Waals surface area contributed by atoms with Gasteiger partial charge >= 0.3 is 0 Å². The van der Waals surface area contributed by atoms with Crippen LogP contribution in [0.4, 0.5) is 0 Å². The van der Waals surface area contributed by atoms with Crippen LogP contribution < -0.4 is 5.11 Å². The molecule has 0 N–H and O–H groups in total. The van der Waals surface area contributed by atoms with Crippen molar-refractivity contribution in [3.05, 3.63) is 71.3 Å². The third-order valence-electron chi connectivity index (χ3n) is 3.80. The highest BCUT2D eigenvalue weighted by Crippen LogP contribution is 2.24. The summed E-state index contributed by atoms with van der Waals surface area (Å²) in [5, 5.41) is 11.4. The lowest BCUT2D eigenvalue weighted by atomic mass is 9.93. The van der Waals surface area contributed by atoms with Gasteiger partial charge in [0.05, 0.1) is 12.0 Å². The second kappa shape index (κ2) is 5.40. The van der Waals surface area contributed by atoms with E-state index < -0.39 is 12.0 Å². The fourth-order valence-electron chi connectivity index (χ4n) is 2.69. The van der Waals surface area contributed by atoms with Gasteiger partial charge in [0.1, 0.15) is 0 Å². The standard InChI is InChI=1S/C17H15NO3/c19-16(12-6-2-1-3-7-12)18-11-14-9-5-4-8-13(14)10-15(18)17(20)21/h1-9,15H,10-11H2,(H,20,21)/p-1/t15-/m1/s1. The van der Waals surface area contributed by atoms with Crippen LogP contribution in [0.15, 0.2) is 54.6 Å². The van der Waals surface area contributed by atoms with Crippen molar-refractivity contribution >= 4 is 11.9 Å². The topological polar surface area (TPSA) is 60.4 Å². The Morgan fingerprint density at radius 3 is 2.24 bits per heavy atom. The number of rotatable bonds is 2. The normalized spacial score (nSPS) is 17.1. The van der Waals surface area contributed by atoms with Gasteiger partial charge in [-0.3, -0.25) is 4.79 Å². The highest BCUT2D eigenvalue weighted by Gasteiger charge is 2.30. The Balaban J connectivity index is 1.96. The summed E-state index contributed by atoms with van der Waals surface area (Å²) in [5.41, 5.74) is 2.44. The summed E-state index contributed by atoms with van der Waals surface area (Å²) in [5.74, 6) is -1.49. The average molecular weight is 280 g/mol. The Morgan fingerprint density at radius 2 is 1.57 bits per heavy atom. The molecule has 0 aromatic heterocycles. The van der Waals surface area contributed by atoms with Crippen LogP contribution in [-0.4, -0.2) is 22.8 Å². The van der Waals surface area contributed by atoms with Crippen molar-refractivity contribution in [2.24, 2.45) is 0 Å². The molecular weight excluding hydrogens is 266 g/mol. The fourth-order valence-corrected chi connectivity index (χ4v) is 2.69. The maximum Gasteiger partial charge on any atom is 0.254 e. The van der Waals surface area contributed by atoms with E-state index in [4.69, 9.17) is 0 Å². The number of hydrogen-bond donors (Lipinski definition) is 0. The predicted octanol–water partition coefficient (Wildman–Crippen LogP) is 1.00. The Bertz CT molecular complexity index is 681. The van der Waals surface area contributed by atoms with Crippen molar-refractivity contribution in [2.75, 3.05) is 0 Å². The second-order valence-electron chi connectivity index (χ2n) is 5.11. The molecule has 1 amide bonds. The van der Waals surface area contributed by atoms with Gasteiger partial charge < -0.3 is 14.8 Å².